The summed E-state index contributed by atoms with van der Waals surface area (Å²) in [4.78, 5) is 49.4. The summed E-state index contributed by atoms with van der Waals surface area (Å²) in [6.07, 6.45) is 4.93. The molecule has 0 radical (unpaired) electrons. The molecule has 0 aromatic carbocycles. The van der Waals surface area contributed by atoms with Crippen molar-refractivity contribution < 1.29 is 34.1 Å². The smallest absolute Gasteiger partial charge is 0.327 e. The minimum atomic E-state index is -1.07. The Morgan fingerprint density at radius 1 is 0.791 bits per heavy atom. The zero-order valence-corrected chi connectivity index (χ0v) is 29.8. The van der Waals surface area contributed by atoms with Crippen LogP contribution >= 0.6 is 23.5 Å². The molecule has 11 heteroatoms. The molecule has 1 amide bonds. The van der Waals surface area contributed by atoms with Crippen molar-refractivity contribution >= 4 is 47.2 Å². The van der Waals surface area contributed by atoms with Crippen molar-refractivity contribution in [3.05, 3.63) is 0 Å². The highest BCUT2D eigenvalue weighted by Gasteiger charge is 2.37. The fourth-order valence-electron chi connectivity index (χ4n) is 4.25. The number of hydrogen-bond donors (Lipinski definition) is 4. The Morgan fingerprint density at radius 3 is 1.74 bits per heavy atom. The predicted octanol–water partition coefficient (Wildman–Crippen LogP) is 5.78. The number of ether oxygens (including phenoxy) is 1. The molecule has 0 aliphatic heterocycles. The van der Waals surface area contributed by atoms with Crippen LogP contribution < -0.4 is 10.6 Å². The molecule has 43 heavy (non-hydrogen) atoms. The Bertz CT molecular complexity index is 952. The Hall–Kier alpha value is -1.30. The van der Waals surface area contributed by atoms with Crippen molar-refractivity contribution in [2.24, 2.45) is 10.8 Å². The number of nitrogens with one attached hydrogen (secondary N) is 2. The first-order valence-electron chi connectivity index (χ1n) is 15.6. The number of ketones is 1. The van der Waals surface area contributed by atoms with Crippen molar-refractivity contribution in [1.82, 2.24) is 10.6 Å². The number of carboxylic acids is 2. The first-order chi connectivity index (χ1) is 19.7. The molecule has 0 aromatic rings. The van der Waals surface area contributed by atoms with Crippen LogP contribution in [0.5, 0.6) is 0 Å². The highest BCUT2D eigenvalue weighted by atomic mass is 32.2. The molecule has 9 nitrogen and oxygen atoms in total. The summed E-state index contributed by atoms with van der Waals surface area (Å²) in [6.45, 7) is 19.7. The molecule has 4 atom stereocenters. The molecule has 1 rings (SSSR count). The zero-order chi connectivity index (χ0) is 33.2. The number of hydrogen-bond acceptors (Lipinski definition) is 8. The topological polar surface area (TPSA) is 142 Å². The molecule has 4 unspecified atom stereocenters. The molecule has 250 valence electrons. The lowest BCUT2D eigenvalue weighted by molar-refractivity contribution is -0.143. The SMILES string of the molecule is CCC(C)(C)NC(CSC1CCC1SCC(NC(=O)C(C)(C)CCOC(C)(C)CCC(=O)C(C)(C)CC)C(=O)O)C(=O)O. The van der Waals surface area contributed by atoms with Gasteiger partial charge in [-0.25, -0.2) is 4.79 Å². The van der Waals surface area contributed by atoms with Gasteiger partial charge in [0.05, 0.1) is 5.60 Å². The molecule has 1 aliphatic rings. The van der Waals surface area contributed by atoms with E-state index in [2.05, 4.69) is 10.6 Å². The molecule has 0 saturated heterocycles. The third-order valence-corrected chi connectivity index (χ3v) is 12.1. The summed E-state index contributed by atoms with van der Waals surface area (Å²) in [5.41, 5.74) is -1.97. The second-order valence-electron chi connectivity index (χ2n) is 14.4. The van der Waals surface area contributed by atoms with E-state index in [1.54, 1.807) is 25.6 Å². The van der Waals surface area contributed by atoms with Gasteiger partial charge >= 0.3 is 11.9 Å². The third kappa shape index (κ3) is 13.7. The van der Waals surface area contributed by atoms with Gasteiger partial charge in [0.2, 0.25) is 5.91 Å². The predicted molar refractivity (Wildman–Crippen MR) is 177 cm³/mol. The minimum absolute atomic E-state index is 0.216. The molecule has 0 bridgehead atoms. The molecular formula is C32H58N2O7S2. The van der Waals surface area contributed by atoms with Crippen LogP contribution in [0.2, 0.25) is 0 Å². The highest BCUT2D eigenvalue weighted by Crippen LogP contribution is 2.41. The Kier molecular flexibility index (Phi) is 15.6. The molecule has 0 heterocycles. The first kappa shape index (κ1) is 39.7. The molecule has 1 fully saturated rings. The average Bonchev–Trinajstić information content (AvgIpc) is 2.89. The lowest BCUT2D eigenvalue weighted by atomic mass is 9.82. The Balaban J connectivity index is 2.58. The average molecular weight is 647 g/mol. The number of rotatable bonds is 22. The van der Waals surface area contributed by atoms with E-state index in [0.29, 0.717) is 31.6 Å². The van der Waals surface area contributed by atoms with Crippen LogP contribution in [0, 0.1) is 10.8 Å². The Morgan fingerprint density at radius 2 is 1.30 bits per heavy atom. The quantitative estimate of drug-likeness (QED) is 0.114. The highest BCUT2D eigenvalue weighted by molar-refractivity contribution is 8.04. The second-order valence-corrected chi connectivity index (χ2v) is 16.9. The maximum Gasteiger partial charge on any atom is 0.327 e. The van der Waals surface area contributed by atoms with Gasteiger partial charge in [0.15, 0.2) is 0 Å². The summed E-state index contributed by atoms with van der Waals surface area (Å²) in [5.74, 6) is -1.38. The monoisotopic (exact) mass is 646 g/mol. The van der Waals surface area contributed by atoms with Crippen molar-refractivity contribution in [3.63, 3.8) is 0 Å². The molecule has 1 aliphatic carbocycles. The van der Waals surface area contributed by atoms with Crippen molar-refractivity contribution in [2.45, 2.75) is 148 Å². The maximum atomic E-state index is 13.1. The molecule has 0 spiro atoms. The van der Waals surface area contributed by atoms with E-state index in [-0.39, 0.29) is 38.9 Å². The van der Waals surface area contributed by atoms with E-state index < -0.39 is 35.0 Å². The van der Waals surface area contributed by atoms with Gasteiger partial charge in [-0.3, -0.25) is 19.7 Å². The summed E-state index contributed by atoms with van der Waals surface area (Å²) >= 11 is 3.16. The van der Waals surface area contributed by atoms with E-state index in [9.17, 15) is 29.4 Å². The van der Waals surface area contributed by atoms with Gasteiger partial charge in [-0.05, 0) is 66.2 Å². The second kappa shape index (κ2) is 16.9. The number of thioether (sulfide) groups is 2. The van der Waals surface area contributed by atoms with Crippen LogP contribution in [-0.4, -0.2) is 85.7 Å². The van der Waals surface area contributed by atoms with E-state index in [1.165, 1.54) is 11.8 Å². The van der Waals surface area contributed by atoms with Crippen LogP contribution in [0.15, 0.2) is 0 Å². The van der Waals surface area contributed by atoms with Crippen LogP contribution in [-0.2, 0) is 23.9 Å². The molecule has 1 saturated carbocycles. The van der Waals surface area contributed by atoms with Gasteiger partial charge in [0.25, 0.3) is 0 Å². The largest absolute Gasteiger partial charge is 0.480 e. The van der Waals surface area contributed by atoms with Crippen molar-refractivity contribution in [2.75, 3.05) is 18.1 Å². The maximum absolute atomic E-state index is 13.1. The van der Waals surface area contributed by atoms with Gasteiger partial charge in [0, 0.05) is 51.4 Å². The van der Waals surface area contributed by atoms with E-state index >= 15 is 0 Å². The fraction of sp³-hybridized carbons (Fsp3) is 0.875. The van der Waals surface area contributed by atoms with Crippen LogP contribution in [0.1, 0.15) is 114 Å². The van der Waals surface area contributed by atoms with E-state index in [0.717, 1.165) is 25.7 Å². The summed E-state index contributed by atoms with van der Waals surface area (Å²) in [6, 6.07) is -1.67. The van der Waals surface area contributed by atoms with Crippen molar-refractivity contribution in [1.29, 1.82) is 0 Å². The first-order valence-corrected chi connectivity index (χ1v) is 17.7. The lowest BCUT2D eigenvalue weighted by Crippen LogP contribution is -2.51. The number of Topliss-reactive ketones (excluding diaryl/α,β-unsaturated/α-hetero) is 1. The van der Waals surface area contributed by atoms with E-state index in [4.69, 9.17) is 4.74 Å². The lowest BCUT2D eigenvalue weighted by Gasteiger charge is -2.37. The molecule has 0 aromatic heterocycles. The van der Waals surface area contributed by atoms with E-state index in [1.807, 2.05) is 55.4 Å². The fourth-order valence-corrected chi connectivity index (χ4v) is 7.36. The normalized spacial score (nSPS) is 19.3. The number of aliphatic carboxylic acids is 2. The van der Waals surface area contributed by atoms with Gasteiger partial charge in [0.1, 0.15) is 17.9 Å². The summed E-state index contributed by atoms with van der Waals surface area (Å²) in [5, 5.41) is 25.9. The Labute approximate surface area is 268 Å². The minimum Gasteiger partial charge on any atom is -0.480 e. The standard InChI is InChI=1S/C32H58N2O7S2/c1-11-29(3,4)25(35)15-16-32(9,10)41-18-17-30(5,6)28(40)33-21(26(36)37)19-42-23-13-14-24(23)43-20-22(27(38)39)34-31(7,8)12-2/h21-24,34H,11-20H2,1-10H3,(H,33,40)(H,36,37)(H,38,39). The van der Waals surface area contributed by atoms with Crippen molar-refractivity contribution in [3.8, 4) is 0 Å². The molecular weight excluding hydrogens is 588 g/mol. The van der Waals surface area contributed by atoms with Gasteiger partial charge < -0.3 is 20.3 Å². The third-order valence-electron chi connectivity index (χ3n) is 8.88. The number of carboxylic acid groups (broad SMARTS) is 2. The number of amides is 1. The van der Waals surface area contributed by atoms with Crippen LogP contribution in [0.3, 0.4) is 0 Å². The summed E-state index contributed by atoms with van der Waals surface area (Å²) < 4.78 is 6.07. The number of carbonyl (C=O) groups excluding carboxylic acids is 2. The number of carbonyl (C=O) groups is 4. The van der Waals surface area contributed by atoms with Gasteiger partial charge in [-0.2, -0.15) is 23.5 Å². The zero-order valence-electron chi connectivity index (χ0n) is 28.1. The molecule has 4 N–H and O–H groups in total. The van der Waals surface area contributed by atoms with Gasteiger partial charge in [-0.15, -0.1) is 0 Å². The van der Waals surface area contributed by atoms with Gasteiger partial charge in [-0.1, -0.05) is 41.5 Å². The summed E-state index contributed by atoms with van der Waals surface area (Å²) in [7, 11) is 0. The van der Waals surface area contributed by atoms with Crippen LogP contribution in [0.4, 0.5) is 0 Å². The van der Waals surface area contributed by atoms with Crippen LogP contribution in [0.25, 0.3) is 0 Å².